The summed E-state index contributed by atoms with van der Waals surface area (Å²) in [6.07, 6.45) is 0. The smallest absolute Gasteiger partial charge is 0.126 e. The summed E-state index contributed by atoms with van der Waals surface area (Å²) in [5, 5.41) is -2.29. The standard InChI is InChI=1S/C10H8Cl10/c11-1-8(6(15)16)3-2(12)4(13)9(8,7(17)18)5(14)10(3,19)20/h2-7H,1H2/t2-,3+,4-,5-,8?,9?/m1/s1. The van der Waals surface area contributed by atoms with Crippen molar-refractivity contribution >= 4 is 116 Å². The number of hydrogen-bond donors (Lipinski definition) is 0. The molecule has 0 spiro atoms. The monoisotopic (exact) mass is 478 g/mol. The lowest BCUT2D eigenvalue weighted by atomic mass is 9.69. The van der Waals surface area contributed by atoms with Crippen molar-refractivity contribution < 1.29 is 0 Å². The van der Waals surface area contributed by atoms with E-state index in [1.54, 1.807) is 0 Å². The molecule has 0 aromatic rings. The first kappa shape index (κ1) is 19.2. The van der Waals surface area contributed by atoms with Gasteiger partial charge < -0.3 is 0 Å². The van der Waals surface area contributed by atoms with Crippen LogP contribution >= 0.6 is 116 Å². The Hall–Kier alpha value is 2.90. The Bertz CT molecular complexity index is 397. The summed E-state index contributed by atoms with van der Waals surface area (Å²) in [5.41, 5.74) is -2.31. The van der Waals surface area contributed by atoms with Gasteiger partial charge in [-0.15, -0.1) is 92.8 Å². The summed E-state index contributed by atoms with van der Waals surface area (Å²) in [7, 11) is 0. The molecule has 0 heterocycles. The molecule has 6 atom stereocenters. The van der Waals surface area contributed by atoms with Gasteiger partial charge in [-0.3, -0.25) is 0 Å². The predicted octanol–water partition coefficient (Wildman–Crippen LogP) is 6.44. The summed E-state index contributed by atoms with van der Waals surface area (Å²) in [6.45, 7) is 0. The zero-order valence-electron chi connectivity index (χ0n) is 9.45. The largest absolute Gasteiger partial charge is 0.140 e. The number of hydrogen-bond acceptors (Lipinski definition) is 0. The van der Waals surface area contributed by atoms with Crippen molar-refractivity contribution in [3.05, 3.63) is 0 Å². The zero-order chi connectivity index (χ0) is 15.7. The molecular formula is C10H8Cl10. The molecular weight excluding hydrogens is 475 g/mol. The Balaban J connectivity index is 2.80. The first-order chi connectivity index (χ1) is 9.04. The Morgan fingerprint density at radius 3 is 1.70 bits per heavy atom. The second kappa shape index (κ2) is 6.01. The molecule has 0 aromatic carbocycles. The fourth-order valence-electron chi connectivity index (χ4n) is 3.67. The van der Waals surface area contributed by atoms with E-state index in [0.717, 1.165) is 0 Å². The van der Waals surface area contributed by atoms with Crippen LogP contribution in [0.25, 0.3) is 0 Å². The molecule has 0 saturated heterocycles. The van der Waals surface area contributed by atoms with Crippen molar-refractivity contribution in [2.45, 2.75) is 30.1 Å². The molecule has 2 unspecified atom stereocenters. The van der Waals surface area contributed by atoms with Gasteiger partial charge in [0.25, 0.3) is 0 Å². The summed E-state index contributed by atoms with van der Waals surface area (Å²) < 4.78 is -1.45. The van der Waals surface area contributed by atoms with Crippen LogP contribution < -0.4 is 0 Å². The van der Waals surface area contributed by atoms with E-state index < -0.39 is 46.9 Å². The first-order valence-corrected chi connectivity index (χ1v) is 9.81. The van der Waals surface area contributed by atoms with Crippen LogP contribution in [0.2, 0.25) is 0 Å². The van der Waals surface area contributed by atoms with E-state index in [1.807, 2.05) is 0 Å². The van der Waals surface area contributed by atoms with Crippen molar-refractivity contribution in [1.82, 2.24) is 0 Å². The van der Waals surface area contributed by atoms with Crippen LogP contribution in [0, 0.1) is 16.7 Å². The molecule has 2 bridgehead atoms. The van der Waals surface area contributed by atoms with E-state index in [2.05, 4.69) is 0 Å². The van der Waals surface area contributed by atoms with Crippen LogP contribution in [0.5, 0.6) is 0 Å². The van der Waals surface area contributed by atoms with Gasteiger partial charge in [-0.05, 0) is 0 Å². The molecule has 2 fully saturated rings. The van der Waals surface area contributed by atoms with E-state index in [0.29, 0.717) is 0 Å². The van der Waals surface area contributed by atoms with Crippen LogP contribution in [-0.2, 0) is 0 Å². The molecule has 0 aliphatic heterocycles. The SMILES string of the molecule is ClCC1(C(Cl)Cl)[C@@H]2[C@@H](Cl)[C@@H](Cl)C1(C(Cl)Cl)[C@@H](Cl)C2(Cl)Cl. The van der Waals surface area contributed by atoms with E-state index in [9.17, 15) is 0 Å². The van der Waals surface area contributed by atoms with Gasteiger partial charge in [0.1, 0.15) is 14.0 Å². The maximum Gasteiger partial charge on any atom is 0.140 e. The highest BCUT2D eigenvalue weighted by molar-refractivity contribution is 6.56. The third-order valence-corrected chi connectivity index (χ3v) is 9.60. The number of halogens is 10. The maximum absolute atomic E-state index is 6.47. The topological polar surface area (TPSA) is 0 Å². The summed E-state index contributed by atoms with van der Waals surface area (Å²) in [5.74, 6) is -0.676. The van der Waals surface area contributed by atoms with E-state index in [4.69, 9.17) is 116 Å². The van der Waals surface area contributed by atoms with Gasteiger partial charge in [0.15, 0.2) is 0 Å². The lowest BCUT2D eigenvalue weighted by Gasteiger charge is -2.47. The Kier molecular flexibility index (Phi) is 5.78. The quantitative estimate of drug-likeness (QED) is 0.406. The summed E-state index contributed by atoms with van der Waals surface area (Å²) in [4.78, 5) is -2.03. The van der Waals surface area contributed by atoms with E-state index in [-0.39, 0.29) is 5.88 Å². The van der Waals surface area contributed by atoms with Crippen LogP contribution in [0.3, 0.4) is 0 Å². The predicted molar refractivity (Wildman–Crippen MR) is 93.4 cm³/mol. The van der Waals surface area contributed by atoms with Crippen molar-refractivity contribution in [1.29, 1.82) is 0 Å². The molecule has 0 radical (unpaired) electrons. The van der Waals surface area contributed by atoms with Crippen LogP contribution in [0.4, 0.5) is 0 Å². The molecule has 0 amide bonds. The molecule has 2 saturated carbocycles. The second-order valence-electron chi connectivity index (χ2n) is 5.07. The average molecular weight is 483 g/mol. The lowest BCUT2D eigenvalue weighted by molar-refractivity contribution is 0.147. The third kappa shape index (κ3) is 1.97. The normalized spacial score (nSPS) is 50.4. The number of fused-ring (bicyclic) bond motifs is 2. The molecule has 2 aliphatic carbocycles. The maximum atomic E-state index is 6.47. The van der Waals surface area contributed by atoms with Crippen molar-refractivity contribution in [3.8, 4) is 0 Å². The Morgan fingerprint density at radius 2 is 1.40 bits per heavy atom. The zero-order valence-corrected chi connectivity index (χ0v) is 17.0. The number of rotatable bonds is 3. The molecule has 0 N–H and O–H groups in total. The minimum absolute atomic E-state index is 0.0257. The fraction of sp³-hybridized carbons (Fsp3) is 1.00. The summed E-state index contributed by atoms with van der Waals surface area (Å²) in [6, 6.07) is 0. The lowest BCUT2D eigenvalue weighted by Crippen LogP contribution is -2.56. The van der Waals surface area contributed by atoms with E-state index in [1.165, 1.54) is 0 Å². The van der Waals surface area contributed by atoms with Gasteiger partial charge >= 0.3 is 0 Å². The molecule has 118 valence electrons. The molecule has 0 aromatic heterocycles. The Morgan fingerprint density at radius 1 is 0.900 bits per heavy atom. The van der Waals surface area contributed by atoms with Gasteiger partial charge in [-0.2, -0.15) is 0 Å². The van der Waals surface area contributed by atoms with Crippen molar-refractivity contribution in [3.63, 3.8) is 0 Å². The van der Waals surface area contributed by atoms with Gasteiger partial charge in [0.05, 0.1) is 16.1 Å². The van der Waals surface area contributed by atoms with Crippen molar-refractivity contribution in [2.24, 2.45) is 16.7 Å². The molecule has 20 heavy (non-hydrogen) atoms. The van der Waals surface area contributed by atoms with Crippen LogP contribution in [0.1, 0.15) is 0 Å². The highest BCUT2D eigenvalue weighted by Gasteiger charge is 2.86. The van der Waals surface area contributed by atoms with Gasteiger partial charge in [0, 0.05) is 22.6 Å². The first-order valence-electron chi connectivity index (χ1n) is 5.46. The van der Waals surface area contributed by atoms with Crippen LogP contribution in [0.15, 0.2) is 0 Å². The summed E-state index contributed by atoms with van der Waals surface area (Å²) >= 11 is 63.1. The number of alkyl halides is 10. The Labute approximate surface area is 167 Å². The fourth-order valence-corrected chi connectivity index (χ4v) is 9.42. The van der Waals surface area contributed by atoms with Crippen LogP contribution in [-0.4, -0.2) is 36.0 Å². The molecule has 2 aliphatic rings. The van der Waals surface area contributed by atoms with Gasteiger partial charge in [0.2, 0.25) is 0 Å². The van der Waals surface area contributed by atoms with Gasteiger partial charge in [-0.1, -0.05) is 23.2 Å². The minimum Gasteiger partial charge on any atom is -0.126 e. The van der Waals surface area contributed by atoms with Crippen molar-refractivity contribution in [2.75, 3.05) is 5.88 Å². The molecule has 0 nitrogen and oxygen atoms in total. The molecule has 2 rings (SSSR count). The highest BCUT2D eigenvalue weighted by Crippen LogP contribution is 2.79. The highest BCUT2D eigenvalue weighted by atomic mass is 35.5. The third-order valence-electron chi connectivity index (χ3n) is 4.56. The molecule has 10 heteroatoms. The minimum atomic E-state index is -1.45. The second-order valence-corrected chi connectivity index (χ2v) is 10.4. The van der Waals surface area contributed by atoms with E-state index >= 15 is 0 Å². The average Bonchev–Trinajstić information content (AvgIpc) is 2.64. The van der Waals surface area contributed by atoms with Gasteiger partial charge in [-0.25, -0.2) is 0 Å².